The summed E-state index contributed by atoms with van der Waals surface area (Å²) in [4.78, 5) is 29.1. The van der Waals surface area contributed by atoms with E-state index in [2.05, 4.69) is 46.3 Å². The molecule has 9 heteroatoms. The number of aryl methyl sites for hydroxylation is 1. The van der Waals surface area contributed by atoms with Gasteiger partial charge in [-0.2, -0.15) is 5.10 Å². The average molecular weight is 431 g/mol. The molecule has 0 unspecified atom stereocenters. The minimum absolute atomic E-state index is 0.0237. The molecule has 0 spiro atoms. The SMILES string of the molecule is CCc1cc2ncc(CN3CCN(c4cnc5c(NC)nncc5c4)CC3)cc2[nH]c1=O. The Hall–Kier alpha value is -3.59. The first-order chi connectivity index (χ1) is 15.6. The highest BCUT2D eigenvalue weighted by atomic mass is 16.1. The maximum Gasteiger partial charge on any atom is 0.251 e. The van der Waals surface area contributed by atoms with Crippen LogP contribution in [0.15, 0.2) is 41.6 Å². The summed E-state index contributed by atoms with van der Waals surface area (Å²) in [5, 5.41) is 12.2. The van der Waals surface area contributed by atoms with Gasteiger partial charge in [0.25, 0.3) is 5.56 Å². The van der Waals surface area contributed by atoms with E-state index in [1.165, 1.54) is 0 Å². The Balaban J connectivity index is 1.27. The number of hydrogen-bond acceptors (Lipinski definition) is 8. The number of rotatable bonds is 5. The quantitative estimate of drug-likeness (QED) is 0.497. The van der Waals surface area contributed by atoms with Gasteiger partial charge in [0.1, 0.15) is 5.52 Å². The van der Waals surface area contributed by atoms with E-state index in [4.69, 9.17) is 0 Å². The standard InChI is InChI=1S/C23H26N8O/c1-3-16-10-19-20(28-23(16)32)8-15(11-25-19)14-30-4-6-31(7-5-30)18-9-17-12-27-29-22(24-2)21(17)26-13-18/h8-13H,3-7,14H2,1-2H3,(H,24,29)(H,28,32). The van der Waals surface area contributed by atoms with Gasteiger partial charge in [0.2, 0.25) is 0 Å². The van der Waals surface area contributed by atoms with Crippen molar-refractivity contribution in [3.8, 4) is 0 Å². The van der Waals surface area contributed by atoms with Crippen LogP contribution < -0.4 is 15.8 Å². The molecule has 0 saturated carbocycles. The normalized spacial score (nSPS) is 14.9. The van der Waals surface area contributed by atoms with E-state index in [0.29, 0.717) is 12.2 Å². The number of pyridine rings is 3. The Morgan fingerprint density at radius 1 is 1.06 bits per heavy atom. The number of nitrogens with zero attached hydrogens (tertiary/aromatic N) is 6. The number of nitrogens with one attached hydrogen (secondary N) is 2. The van der Waals surface area contributed by atoms with Crippen molar-refractivity contribution in [3.63, 3.8) is 0 Å². The second-order valence-electron chi connectivity index (χ2n) is 8.09. The van der Waals surface area contributed by atoms with Crippen LogP contribution in [0.5, 0.6) is 0 Å². The van der Waals surface area contributed by atoms with E-state index in [0.717, 1.165) is 71.5 Å². The largest absolute Gasteiger partial charge is 0.370 e. The van der Waals surface area contributed by atoms with Crippen LogP contribution in [0.25, 0.3) is 21.9 Å². The Morgan fingerprint density at radius 2 is 1.91 bits per heavy atom. The molecule has 164 valence electrons. The minimum Gasteiger partial charge on any atom is -0.370 e. The second kappa shape index (κ2) is 8.51. The summed E-state index contributed by atoms with van der Waals surface area (Å²) in [7, 11) is 1.82. The van der Waals surface area contributed by atoms with Gasteiger partial charge in [-0.05, 0) is 30.2 Å². The molecule has 1 aliphatic heterocycles. The summed E-state index contributed by atoms with van der Waals surface area (Å²) in [5.74, 6) is 0.690. The molecule has 5 rings (SSSR count). The summed E-state index contributed by atoms with van der Waals surface area (Å²) in [6, 6.07) is 6.06. The van der Waals surface area contributed by atoms with Crippen molar-refractivity contribution in [3.05, 3.63) is 58.3 Å². The summed E-state index contributed by atoms with van der Waals surface area (Å²) in [6.07, 6.45) is 6.29. The number of aromatic amines is 1. The van der Waals surface area contributed by atoms with Gasteiger partial charge in [0.05, 0.1) is 29.1 Å². The van der Waals surface area contributed by atoms with Gasteiger partial charge in [-0.3, -0.25) is 19.7 Å². The van der Waals surface area contributed by atoms with Gasteiger partial charge in [-0.15, -0.1) is 5.10 Å². The van der Waals surface area contributed by atoms with E-state index < -0.39 is 0 Å². The van der Waals surface area contributed by atoms with Crippen LogP contribution >= 0.6 is 0 Å². The van der Waals surface area contributed by atoms with Crippen LogP contribution in [0, 0.1) is 0 Å². The maximum atomic E-state index is 12.1. The lowest BCUT2D eigenvalue weighted by Crippen LogP contribution is -2.46. The molecule has 0 atom stereocenters. The van der Waals surface area contributed by atoms with Crippen LogP contribution in [0.3, 0.4) is 0 Å². The van der Waals surface area contributed by atoms with Gasteiger partial charge >= 0.3 is 0 Å². The van der Waals surface area contributed by atoms with Crippen LogP contribution in [0.4, 0.5) is 11.5 Å². The van der Waals surface area contributed by atoms with Crippen LogP contribution in [-0.4, -0.2) is 63.3 Å². The molecule has 9 nitrogen and oxygen atoms in total. The van der Waals surface area contributed by atoms with Gasteiger partial charge in [-0.1, -0.05) is 6.92 Å². The van der Waals surface area contributed by atoms with Crippen molar-refractivity contribution < 1.29 is 0 Å². The minimum atomic E-state index is -0.0237. The zero-order chi connectivity index (χ0) is 22.1. The fraction of sp³-hybridized carbons (Fsp3) is 0.348. The third-order valence-electron chi connectivity index (χ3n) is 6.07. The first kappa shape index (κ1) is 20.3. The molecule has 5 heterocycles. The Labute approximate surface area is 185 Å². The summed E-state index contributed by atoms with van der Waals surface area (Å²) < 4.78 is 0. The highest BCUT2D eigenvalue weighted by Crippen LogP contribution is 2.24. The van der Waals surface area contributed by atoms with Crippen molar-refractivity contribution >= 4 is 33.4 Å². The monoisotopic (exact) mass is 430 g/mol. The van der Waals surface area contributed by atoms with Gasteiger partial charge in [-0.25, -0.2) is 0 Å². The molecule has 1 saturated heterocycles. The second-order valence-corrected chi connectivity index (χ2v) is 8.09. The molecule has 4 aromatic heterocycles. The van der Waals surface area contributed by atoms with Crippen molar-refractivity contribution in [1.82, 2.24) is 30.0 Å². The zero-order valence-corrected chi connectivity index (χ0v) is 18.3. The van der Waals surface area contributed by atoms with E-state index in [-0.39, 0.29) is 5.56 Å². The molecule has 2 N–H and O–H groups in total. The lowest BCUT2D eigenvalue weighted by atomic mass is 10.1. The number of piperazine rings is 1. The van der Waals surface area contributed by atoms with Crippen LogP contribution in [0.1, 0.15) is 18.1 Å². The van der Waals surface area contributed by atoms with E-state index >= 15 is 0 Å². The number of aromatic nitrogens is 5. The third kappa shape index (κ3) is 3.87. The highest BCUT2D eigenvalue weighted by molar-refractivity contribution is 5.89. The predicted molar refractivity (Wildman–Crippen MR) is 126 cm³/mol. The lowest BCUT2D eigenvalue weighted by molar-refractivity contribution is 0.249. The highest BCUT2D eigenvalue weighted by Gasteiger charge is 2.19. The lowest BCUT2D eigenvalue weighted by Gasteiger charge is -2.36. The number of anilines is 2. The van der Waals surface area contributed by atoms with Crippen LogP contribution in [0.2, 0.25) is 0 Å². The third-order valence-corrected chi connectivity index (χ3v) is 6.07. The van der Waals surface area contributed by atoms with E-state index in [1.54, 1.807) is 6.20 Å². The smallest absolute Gasteiger partial charge is 0.251 e. The number of fused-ring (bicyclic) bond motifs is 2. The average Bonchev–Trinajstić information content (AvgIpc) is 2.83. The van der Waals surface area contributed by atoms with Crippen molar-refractivity contribution in [2.45, 2.75) is 19.9 Å². The van der Waals surface area contributed by atoms with Crippen molar-refractivity contribution in [2.75, 3.05) is 43.4 Å². The summed E-state index contributed by atoms with van der Waals surface area (Å²) in [6.45, 7) is 6.51. The molecule has 1 aliphatic rings. The first-order valence-electron chi connectivity index (χ1n) is 10.9. The first-order valence-corrected chi connectivity index (χ1v) is 10.9. The Bertz CT molecular complexity index is 1330. The molecular weight excluding hydrogens is 404 g/mol. The fourth-order valence-electron chi connectivity index (χ4n) is 4.24. The molecule has 1 fully saturated rings. The number of H-pyrrole nitrogens is 1. The molecule has 0 amide bonds. The van der Waals surface area contributed by atoms with Gasteiger partial charge in [0, 0.05) is 56.9 Å². The predicted octanol–water partition coefficient (Wildman–Crippen LogP) is 2.19. The molecule has 4 aromatic rings. The summed E-state index contributed by atoms with van der Waals surface area (Å²) >= 11 is 0. The molecule has 32 heavy (non-hydrogen) atoms. The fourth-order valence-corrected chi connectivity index (χ4v) is 4.24. The van der Waals surface area contributed by atoms with Crippen LogP contribution in [-0.2, 0) is 13.0 Å². The molecular formula is C23H26N8O. The van der Waals surface area contributed by atoms with Crippen molar-refractivity contribution in [1.29, 1.82) is 0 Å². The molecule has 0 aromatic carbocycles. The molecule has 0 aliphatic carbocycles. The zero-order valence-electron chi connectivity index (χ0n) is 18.3. The maximum absolute atomic E-state index is 12.1. The molecule has 0 bridgehead atoms. The summed E-state index contributed by atoms with van der Waals surface area (Å²) in [5.41, 5.74) is 5.42. The van der Waals surface area contributed by atoms with Gasteiger partial charge < -0.3 is 15.2 Å². The Morgan fingerprint density at radius 3 is 2.69 bits per heavy atom. The van der Waals surface area contributed by atoms with Crippen molar-refractivity contribution in [2.24, 2.45) is 0 Å². The van der Waals surface area contributed by atoms with Gasteiger partial charge in [0.15, 0.2) is 5.82 Å². The van der Waals surface area contributed by atoms with E-state index in [1.807, 2.05) is 38.5 Å². The van der Waals surface area contributed by atoms with E-state index in [9.17, 15) is 4.79 Å². The Kier molecular flexibility index (Phi) is 5.40. The number of hydrogen-bond donors (Lipinski definition) is 2. The topological polar surface area (TPSA) is 103 Å². The molecule has 0 radical (unpaired) electrons.